The second-order valence-electron chi connectivity index (χ2n) is 6.32. The summed E-state index contributed by atoms with van der Waals surface area (Å²) in [5.41, 5.74) is 0.859. The van der Waals surface area contributed by atoms with Crippen molar-refractivity contribution >= 4 is 62.2 Å². The molecule has 0 spiro atoms. The number of nitrogens with one attached hydrogen (secondary N) is 1. The highest BCUT2D eigenvalue weighted by molar-refractivity contribution is 7.21. The molecule has 0 saturated carbocycles. The SMILES string of the molecule is COC(=O)c1sc2cc(NC(=O)c3ccnn3COc3ccccc3Cl)ccc2c1Cl. The van der Waals surface area contributed by atoms with Crippen molar-refractivity contribution in [2.45, 2.75) is 6.73 Å². The topological polar surface area (TPSA) is 82.5 Å². The quantitative estimate of drug-likeness (QED) is 0.373. The van der Waals surface area contributed by atoms with Crippen molar-refractivity contribution in [1.29, 1.82) is 0 Å². The summed E-state index contributed by atoms with van der Waals surface area (Å²) < 4.78 is 12.6. The predicted octanol–water partition coefficient (Wildman–Crippen LogP) is 5.48. The molecule has 0 aliphatic carbocycles. The molecule has 0 unspecified atom stereocenters. The number of hydrogen-bond donors (Lipinski definition) is 1. The second kappa shape index (κ2) is 8.97. The molecule has 7 nitrogen and oxygen atoms in total. The van der Waals surface area contributed by atoms with Gasteiger partial charge in [0.15, 0.2) is 6.73 Å². The van der Waals surface area contributed by atoms with Gasteiger partial charge in [0.1, 0.15) is 16.3 Å². The van der Waals surface area contributed by atoms with Crippen LogP contribution in [0.25, 0.3) is 10.1 Å². The normalized spacial score (nSPS) is 10.8. The van der Waals surface area contributed by atoms with Crippen LogP contribution >= 0.6 is 34.5 Å². The summed E-state index contributed by atoms with van der Waals surface area (Å²) in [5, 5.41) is 8.47. The lowest BCUT2D eigenvalue weighted by Crippen LogP contribution is -2.19. The van der Waals surface area contributed by atoms with Crippen molar-refractivity contribution in [2.75, 3.05) is 12.4 Å². The summed E-state index contributed by atoms with van der Waals surface area (Å²) in [7, 11) is 1.30. The number of para-hydroxylation sites is 1. The largest absolute Gasteiger partial charge is 0.470 e. The molecule has 0 radical (unpaired) electrons. The van der Waals surface area contributed by atoms with E-state index in [2.05, 4.69) is 10.4 Å². The first-order valence-electron chi connectivity index (χ1n) is 8.99. The lowest BCUT2D eigenvalue weighted by atomic mass is 10.2. The van der Waals surface area contributed by atoms with Crippen LogP contribution in [0.2, 0.25) is 10.0 Å². The van der Waals surface area contributed by atoms with E-state index in [0.29, 0.717) is 37.4 Å². The van der Waals surface area contributed by atoms with Gasteiger partial charge in [0.25, 0.3) is 5.91 Å². The maximum Gasteiger partial charge on any atom is 0.349 e. The van der Waals surface area contributed by atoms with Crippen LogP contribution in [0.3, 0.4) is 0 Å². The Bertz CT molecular complexity index is 1280. The molecule has 31 heavy (non-hydrogen) atoms. The zero-order chi connectivity index (χ0) is 22.0. The highest BCUT2D eigenvalue weighted by Gasteiger charge is 2.19. The van der Waals surface area contributed by atoms with E-state index in [1.807, 2.05) is 0 Å². The van der Waals surface area contributed by atoms with Crippen molar-refractivity contribution in [3.63, 3.8) is 0 Å². The Morgan fingerprint density at radius 3 is 2.74 bits per heavy atom. The number of amides is 1. The van der Waals surface area contributed by atoms with Crippen LogP contribution in [-0.4, -0.2) is 28.8 Å². The molecule has 0 aliphatic rings. The Kier molecular flexibility index (Phi) is 6.13. The summed E-state index contributed by atoms with van der Waals surface area (Å²) in [6.07, 6.45) is 1.51. The first-order chi connectivity index (χ1) is 15.0. The zero-order valence-electron chi connectivity index (χ0n) is 16.1. The third-order valence-corrected chi connectivity index (χ3v) is 6.34. The van der Waals surface area contributed by atoms with E-state index in [0.717, 1.165) is 4.70 Å². The number of hydrogen-bond acceptors (Lipinski definition) is 6. The minimum atomic E-state index is -0.501. The van der Waals surface area contributed by atoms with Crippen LogP contribution < -0.4 is 10.1 Å². The lowest BCUT2D eigenvalue weighted by molar-refractivity contribution is 0.0606. The van der Waals surface area contributed by atoms with Gasteiger partial charge in [0.05, 0.1) is 17.2 Å². The molecule has 1 N–H and O–H groups in total. The molecule has 0 bridgehead atoms. The molecule has 0 aliphatic heterocycles. The molecule has 1 amide bonds. The number of thiophene rings is 1. The van der Waals surface area contributed by atoms with Gasteiger partial charge < -0.3 is 14.8 Å². The van der Waals surface area contributed by atoms with E-state index in [1.165, 1.54) is 29.3 Å². The van der Waals surface area contributed by atoms with Gasteiger partial charge in [-0.15, -0.1) is 11.3 Å². The molecule has 2 aromatic heterocycles. The first kappa shape index (κ1) is 21.2. The number of aromatic nitrogens is 2. The Morgan fingerprint density at radius 1 is 1.16 bits per heavy atom. The van der Waals surface area contributed by atoms with Crippen LogP contribution in [0, 0.1) is 0 Å². The van der Waals surface area contributed by atoms with Gasteiger partial charge in [0, 0.05) is 22.0 Å². The highest BCUT2D eigenvalue weighted by Crippen LogP contribution is 2.37. The number of carbonyl (C=O) groups excluding carboxylic acids is 2. The molecule has 10 heteroatoms. The second-order valence-corrected chi connectivity index (χ2v) is 8.16. The van der Waals surface area contributed by atoms with Gasteiger partial charge in [-0.2, -0.15) is 5.10 Å². The standard InChI is InChI=1S/C21H15Cl2N3O4S/c1-29-21(28)19-18(23)13-7-6-12(10-17(13)31-19)25-20(27)15-8-9-24-26(15)11-30-16-5-3-2-4-14(16)22/h2-10H,11H2,1H3,(H,25,27). The molecule has 2 heterocycles. The van der Waals surface area contributed by atoms with Gasteiger partial charge in [-0.25, -0.2) is 9.48 Å². The van der Waals surface area contributed by atoms with Crippen molar-refractivity contribution in [1.82, 2.24) is 9.78 Å². The third kappa shape index (κ3) is 4.36. The molecular formula is C21H15Cl2N3O4S. The van der Waals surface area contributed by atoms with E-state index in [-0.39, 0.29) is 12.6 Å². The number of carbonyl (C=O) groups is 2. The molecule has 2 aromatic carbocycles. The van der Waals surface area contributed by atoms with Gasteiger partial charge in [-0.1, -0.05) is 35.3 Å². The average Bonchev–Trinajstić information content (AvgIpc) is 3.37. The Balaban J connectivity index is 1.51. The van der Waals surface area contributed by atoms with Crippen LogP contribution in [0.4, 0.5) is 5.69 Å². The van der Waals surface area contributed by atoms with Crippen LogP contribution in [0.15, 0.2) is 54.7 Å². The van der Waals surface area contributed by atoms with Gasteiger partial charge >= 0.3 is 5.97 Å². The van der Waals surface area contributed by atoms with Crippen molar-refractivity contribution < 1.29 is 19.1 Å². The van der Waals surface area contributed by atoms with E-state index in [1.54, 1.807) is 48.5 Å². The van der Waals surface area contributed by atoms with E-state index >= 15 is 0 Å². The Labute approximate surface area is 191 Å². The minimum Gasteiger partial charge on any atom is -0.470 e. The molecule has 4 aromatic rings. The number of fused-ring (bicyclic) bond motifs is 1. The number of benzene rings is 2. The fourth-order valence-electron chi connectivity index (χ4n) is 2.88. The fraction of sp³-hybridized carbons (Fsp3) is 0.0952. The maximum absolute atomic E-state index is 12.8. The number of halogens is 2. The van der Waals surface area contributed by atoms with Gasteiger partial charge in [-0.3, -0.25) is 4.79 Å². The van der Waals surface area contributed by atoms with E-state index in [9.17, 15) is 9.59 Å². The zero-order valence-corrected chi connectivity index (χ0v) is 18.4. The molecular weight excluding hydrogens is 461 g/mol. The molecule has 0 fully saturated rings. The summed E-state index contributed by atoms with van der Waals surface area (Å²) in [6.45, 7) is 0.0154. The number of ether oxygens (including phenoxy) is 2. The van der Waals surface area contributed by atoms with Gasteiger partial charge in [-0.05, 0) is 36.4 Å². The van der Waals surface area contributed by atoms with E-state index < -0.39 is 5.97 Å². The Hall–Kier alpha value is -3.07. The average molecular weight is 476 g/mol. The van der Waals surface area contributed by atoms with Crippen LogP contribution in [-0.2, 0) is 11.5 Å². The Morgan fingerprint density at radius 2 is 1.97 bits per heavy atom. The highest BCUT2D eigenvalue weighted by atomic mass is 35.5. The van der Waals surface area contributed by atoms with Crippen molar-refractivity contribution in [3.05, 3.63) is 75.3 Å². The van der Waals surface area contributed by atoms with Gasteiger partial charge in [0.2, 0.25) is 0 Å². The minimum absolute atomic E-state index is 0.0154. The third-order valence-electron chi connectivity index (χ3n) is 4.39. The fourth-order valence-corrected chi connectivity index (χ4v) is 4.54. The summed E-state index contributed by atoms with van der Waals surface area (Å²) >= 11 is 13.6. The first-order valence-corrected chi connectivity index (χ1v) is 10.6. The molecule has 0 saturated heterocycles. The number of esters is 1. The van der Waals surface area contributed by atoms with Crippen LogP contribution in [0.5, 0.6) is 5.75 Å². The summed E-state index contributed by atoms with van der Waals surface area (Å²) in [5.74, 6) is -0.373. The lowest BCUT2D eigenvalue weighted by Gasteiger charge is -2.11. The maximum atomic E-state index is 12.8. The number of rotatable bonds is 6. The number of nitrogens with zero attached hydrogens (tertiary/aromatic N) is 2. The number of methoxy groups -OCH3 is 1. The summed E-state index contributed by atoms with van der Waals surface area (Å²) in [4.78, 5) is 25.0. The summed E-state index contributed by atoms with van der Waals surface area (Å²) in [6, 6.07) is 13.8. The van der Waals surface area contributed by atoms with Crippen molar-refractivity contribution in [2.24, 2.45) is 0 Å². The van der Waals surface area contributed by atoms with Crippen molar-refractivity contribution in [3.8, 4) is 5.75 Å². The monoisotopic (exact) mass is 475 g/mol. The van der Waals surface area contributed by atoms with E-state index in [4.69, 9.17) is 32.7 Å². The molecule has 158 valence electrons. The predicted molar refractivity (Wildman–Crippen MR) is 120 cm³/mol. The molecule has 0 atom stereocenters. The smallest absolute Gasteiger partial charge is 0.349 e. The molecule has 4 rings (SSSR count). The van der Waals surface area contributed by atoms with Crippen LogP contribution in [0.1, 0.15) is 20.2 Å². The number of anilines is 1.